The summed E-state index contributed by atoms with van der Waals surface area (Å²) in [6, 6.07) is 9.57. The first-order valence-electron chi connectivity index (χ1n) is 9.66. The largest absolute Gasteiger partial charge is 0.349 e. The van der Waals surface area contributed by atoms with E-state index >= 15 is 0 Å². The second-order valence-electron chi connectivity index (χ2n) is 7.60. The van der Waals surface area contributed by atoms with Crippen LogP contribution in [0.1, 0.15) is 49.3 Å². The number of carbonyl (C=O) groups excluding carboxylic acids is 2. The summed E-state index contributed by atoms with van der Waals surface area (Å²) in [5, 5.41) is 8.12. The van der Waals surface area contributed by atoms with E-state index in [4.69, 9.17) is 0 Å². The lowest BCUT2D eigenvalue weighted by Crippen LogP contribution is -2.50. The van der Waals surface area contributed by atoms with Crippen molar-refractivity contribution in [3.8, 4) is 0 Å². The lowest BCUT2D eigenvalue weighted by atomic mass is 9.98. The second-order valence-corrected chi connectivity index (χ2v) is 8.21. The predicted molar refractivity (Wildman–Crippen MR) is 115 cm³/mol. The van der Waals surface area contributed by atoms with Gasteiger partial charge in [0.05, 0.1) is 5.69 Å². The van der Waals surface area contributed by atoms with Gasteiger partial charge in [-0.25, -0.2) is 8.78 Å². The first kappa shape index (κ1) is 22.5. The lowest BCUT2D eigenvalue weighted by molar-refractivity contribution is -0.124. The summed E-state index contributed by atoms with van der Waals surface area (Å²) in [6.07, 6.45) is 0.624. The summed E-state index contributed by atoms with van der Waals surface area (Å²) in [5.74, 6) is -2.41. The summed E-state index contributed by atoms with van der Waals surface area (Å²) >= 11 is 0.964. The Balaban J connectivity index is 2.19. The number of amides is 2. The van der Waals surface area contributed by atoms with Crippen LogP contribution in [-0.4, -0.2) is 26.9 Å². The quantitative estimate of drug-likeness (QED) is 0.582. The molecule has 162 valence electrons. The van der Waals surface area contributed by atoms with Crippen LogP contribution in [0.5, 0.6) is 0 Å². The molecule has 0 spiro atoms. The number of halogens is 2. The predicted octanol–water partition coefficient (Wildman–Crippen LogP) is 4.51. The first-order chi connectivity index (χ1) is 14.7. The third-order valence-corrected chi connectivity index (χ3v) is 5.45. The summed E-state index contributed by atoms with van der Waals surface area (Å²) in [5.41, 5.74) is -0.380. The first-order valence-corrected chi connectivity index (χ1v) is 10.5. The number of benzene rings is 2. The van der Waals surface area contributed by atoms with Crippen LogP contribution >= 0.6 is 11.5 Å². The van der Waals surface area contributed by atoms with Crippen molar-refractivity contribution in [2.24, 2.45) is 0 Å². The molecule has 1 aromatic heterocycles. The van der Waals surface area contributed by atoms with E-state index in [2.05, 4.69) is 14.9 Å². The average Bonchev–Trinajstić information content (AvgIpc) is 3.28. The van der Waals surface area contributed by atoms with Crippen LogP contribution in [0.4, 0.5) is 14.5 Å². The van der Waals surface area contributed by atoms with Gasteiger partial charge >= 0.3 is 0 Å². The molecule has 0 fully saturated rings. The van der Waals surface area contributed by atoms with Crippen molar-refractivity contribution in [2.45, 2.75) is 38.8 Å². The number of carbonyl (C=O) groups is 2. The molecule has 2 aromatic carbocycles. The highest BCUT2D eigenvalue weighted by Gasteiger charge is 2.37. The van der Waals surface area contributed by atoms with Crippen molar-refractivity contribution >= 4 is 29.0 Å². The number of rotatable bonds is 7. The zero-order valence-electron chi connectivity index (χ0n) is 17.3. The van der Waals surface area contributed by atoms with Crippen LogP contribution in [0.25, 0.3) is 0 Å². The molecule has 0 aliphatic carbocycles. The SMILES string of the molecule is CCC(C)(C)NC(=O)C(c1ccc(F)cc1)N(C(=O)c1csnn1)c1ccccc1F. The number of aromatic nitrogens is 2. The Hall–Kier alpha value is -3.20. The number of hydrogen-bond acceptors (Lipinski definition) is 5. The maximum Gasteiger partial charge on any atom is 0.280 e. The van der Waals surface area contributed by atoms with E-state index in [0.29, 0.717) is 12.0 Å². The molecule has 3 aromatic rings. The fourth-order valence-corrected chi connectivity index (χ4v) is 3.38. The Labute approximate surface area is 183 Å². The normalized spacial score (nSPS) is 12.3. The number of nitrogens with zero attached hydrogens (tertiary/aromatic N) is 3. The van der Waals surface area contributed by atoms with E-state index in [1.54, 1.807) is 6.07 Å². The molecule has 0 saturated heterocycles. The average molecular weight is 445 g/mol. The molecule has 0 radical (unpaired) electrons. The van der Waals surface area contributed by atoms with Gasteiger partial charge in [0, 0.05) is 10.9 Å². The van der Waals surface area contributed by atoms with Crippen molar-refractivity contribution in [3.05, 3.63) is 76.8 Å². The van der Waals surface area contributed by atoms with Crippen LogP contribution in [0.15, 0.2) is 53.9 Å². The number of hydrogen-bond donors (Lipinski definition) is 1. The molecule has 2 amide bonds. The maximum absolute atomic E-state index is 14.8. The molecule has 1 atom stereocenters. The molecule has 0 aliphatic heterocycles. The molecular weight excluding hydrogens is 422 g/mol. The van der Waals surface area contributed by atoms with Crippen molar-refractivity contribution in [2.75, 3.05) is 4.90 Å². The Morgan fingerprint density at radius 2 is 1.81 bits per heavy atom. The number of anilines is 1. The topological polar surface area (TPSA) is 75.2 Å². The Morgan fingerprint density at radius 3 is 2.39 bits per heavy atom. The van der Waals surface area contributed by atoms with Gasteiger partial charge in [-0.05, 0) is 61.6 Å². The maximum atomic E-state index is 14.8. The summed E-state index contributed by atoms with van der Waals surface area (Å²) in [4.78, 5) is 27.9. The molecular formula is C22H22F2N4O2S. The second kappa shape index (κ2) is 9.30. The van der Waals surface area contributed by atoms with Gasteiger partial charge in [-0.15, -0.1) is 5.10 Å². The van der Waals surface area contributed by atoms with Gasteiger partial charge in [0.15, 0.2) is 5.69 Å². The molecule has 31 heavy (non-hydrogen) atoms. The van der Waals surface area contributed by atoms with Gasteiger partial charge in [-0.1, -0.05) is 35.7 Å². The Morgan fingerprint density at radius 1 is 1.13 bits per heavy atom. The monoisotopic (exact) mass is 444 g/mol. The van der Waals surface area contributed by atoms with Crippen LogP contribution in [0, 0.1) is 11.6 Å². The van der Waals surface area contributed by atoms with E-state index in [1.807, 2.05) is 20.8 Å². The summed E-state index contributed by atoms with van der Waals surface area (Å²) in [6.45, 7) is 5.59. The van der Waals surface area contributed by atoms with Gasteiger partial charge in [-0.2, -0.15) is 0 Å². The lowest BCUT2D eigenvalue weighted by Gasteiger charge is -2.34. The Bertz CT molecular complexity index is 1060. The molecule has 6 nitrogen and oxygen atoms in total. The van der Waals surface area contributed by atoms with Gasteiger partial charge in [-0.3, -0.25) is 14.5 Å². The van der Waals surface area contributed by atoms with Crippen LogP contribution < -0.4 is 10.2 Å². The molecule has 0 aliphatic rings. The molecule has 1 unspecified atom stereocenters. The molecule has 9 heteroatoms. The van der Waals surface area contributed by atoms with Crippen LogP contribution in [0.3, 0.4) is 0 Å². The third kappa shape index (κ3) is 5.11. The van der Waals surface area contributed by atoms with Gasteiger partial charge in [0.1, 0.15) is 17.7 Å². The minimum atomic E-state index is -1.27. The van der Waals surface area contributed by atoms with E-state index in [-0.39, 0.29) is 11.4 Å². The van der Waals surface area contributed by atoms with Crippen LogP contribution in [-0.2, 0) is 4.79 Å². The van der Waals surface area contributed by atoms with E-state index in [1.165, 1.54) is 47.8 Å². The minimum absolute atomic E-state index is 0.0251. The fraction of sp³-hybridized carbons (Fsp3) is 0.273. The zero-order chi connectivity index (χ0) is 22.6. The molecule has 1 heterocycles. The van der Waals surface area contributed by atoms with Crippen molar-refractivity contribution < 1.29 is 18.4 Å². The van der Waals surface area contributed by atoms with Crippen molar-refractivity contribution in [3.63, 3.8) is 0 Å². The standard InChI is InChI=1S/C22H22F2N4O2S/c1-4-22(2,3)25-20(29)19(14-9-11-15(23)12-10-14)28(18-8-6-5-7-16(18)24)21(30)17-13-31-27-26-17/h5-13,19H,4H2,1-3H3,(H,25,29). The fourth-order valence-electron chi connectivity index (χ4n) is 2.95. The Kier molecular flexibility index (Phi) is 6.74. The van der Waals surface area contributed by atoms with Gasteiger partial charge in [0.2, 0.25) is 5.91 Å². The van der Waals surface area contributed by atoms with Gasteiger partial charge < -0.3 is 5.32 Å². The van der Waals surface area contributed by atoms with Crippen molar-refractivity contribution in [1.29, 1.82) is 0 Å². The smallest absolute Gasteiger partial charge is 0.280 e. The van der Waals surface area contributed by atoms with E-state index in [0.717, 1.165) is 16.4 Å². The highest BCUT2D eigenvalue weighted by molar-refractivity contribution is 7.03. The minimum Gasteiger partial charge on any atom is -0.349 e. The highest BCUT2D eigenvalue weighted by atomic mass is 32.1. The molecule has 1 N–H and O–H groups in total. The third-order valence-electron chi connectivity index (χ3n) is 4.95. The summed E-state index contributed by atoms with van der Waals surface area (Å²) < 4.78 is 32.1. The molecule has 0 bridgehead atoms. The highest BCUT2D eigenvalue weighted by Crippen LogP contribution is 2.32. The van der Waals surface area contributed by atoms with E-state index < -0.39 is 35.0 Å². The zero-order valence-corrected chi connectivity index (χ0v) is 18.1. The molecule has 3 rings (SSSR count). The van der Waals surface area contributed by atoms with Gasteiger partial charge in [0.25, 0.3) is 5.91 Å². The number of nitrogens with one attached hydrogen (secondary N) is 1. The van der Waals surface area contributed by atoms with E-state index in [9.17, 15) is 18.4 Å². The number of para-hydroxylation sites is 1. The molecule has 0 saturated carbocycles. The summed E-state index contributed by atoms with van der Waals surface area (Å²) in [7, 11) is 0. The van der Waals surface area contributed by atoms with Crippen LogP contribution in [0.2, 0.25) is 0 Å². The van der Waals surface area contributed by atoms with Crippen molar-refractivity contribution in [1.82, 2.24) is 14.9 Å².